The SMILES string of the molecule is C[C@H](CCC(=O)[O-])[C@H]1CC[C@H]2[C@@H]3[C@@H](O)C[C@@H]4C[C@H](O)CC[C@]4(C)[C@H]3CC[C@]12C. The van der Waals surface area contributed by atoms with Gasteiger partial charge in [-0.2, -0.15) is 0 Å². The summed E-state index contributed by atoms with van der Waals surface area (Å²) in [7, 11) is 0. The minimum atomic E-state index is -0.934. The van der Waals surface area contributed by atoms with Gasteiger partial charge in [-0.05, 0) is 111 Å². The second kappa shape index (κ2) is 7.27. The molecule has 4 fully saturated rings. The summed E-state index contributed by atoms with van der Waals surface area (Å²) in [6, 6.07) is 0. The first-order chi connectivity index (χ1) is 13.2. The molecule has 4 aliphatic carbocycles. The first-order valence-electron chi connectivity index (χ1n) is 11.7. The third-order valence-corrected chi connectivity index (χ3v) is 10.2. The highest BCUT2D eigenvalue weighted by molar-refractivity contribution is 5.64. The van der Waals surface area contributed by atoms with Crippen LogP contribution < -0.4 is 5.11 Å². The van der Waals surface area contributed by atoms with Gasteiger partial charge in [0.2, 0.25) is 0 Å². The van der Waals surface area contributed by atoms with E-state index in [1.807, 2.05) is 0 Å². The molecular weight excluding hydrogens is 352 g/mol. The Morgan fingerprint density at radius 1 is 1.04 bits per heavy atom. The Morgan fingerprint density at radius 2 is 1.71 bits per heavy atom. The van der Waals surface area contributed by atoms with E-state index in [4.69, 9.17) is 0 Å². The number of hydrogen-bond donors (Lipinski definition) is 2. The zero-order chi connectivity index (χ0) is 20.3. The number of aliphatic hydroxyl groups is 2. The number of carbonyl (C=O) groups is 1. The molecule has 4 rings (SSSR count). The van der Waals surface area contributed by atoms with Gasteiger partial charge in [-0.1, -0.05) is 20.8 Å². The third-order valence-electron chi connectivity index (χ3n) is 10.2. The lowest BCUT2D eigenvalue weighted by Gasteiger charge is -2.62. The fourth-order valence-electron chi connectivity index (χ4n) is 8.72. The normalized spacial score (nSPS) is 51.7. The van der Waals surface area contributed by atoms with Crippen LogP contribution in [0.3, 0.4) is 0 Å². The highest BCUT2D eigenvalue weighted by Gasteiger charge is 2.62. The number of carbonyl (C=O) groups excluding carboxylic acids is 1. The number of carboxylic acids is 1. The number of hydrogen-bond acceptors (Lipinski definition) is 4. The van der Waals surface area contributed by atoms with E-state index in [0.29, 0.717) is 41.9 Å². The number of aliphatic carboxylic acids is 1. The van der Waals surface area contributed by atoms with Crippen LogP contribution in [0.15, 0.2) is 0 Å². The van der Waals surface area contributed by atoms with E-state index < -0.39 is 5.97 Å². The molecule has 10 atom stereocenters. The molecular formula is C24H39O4-. The van der Waals surface area contributed by atoms with Gasteiger partial charge in [0.25, 0.3) is 0 Å². The maximum Gasteiger partial charge on any atom is 0.0577 e. The fraction of sp³-hybridized carbons (Fsp3) is 0.958. The summed E-state index contributed by atoms with van der Waals surface area (Å²) in [4.78, 5) is 10.9. The predicted octanol–water partition coefficient (Wildman–Crippen LogP) is 3.14. The van der Waals surface area contributed by atoms with E-state index in [0.717, 1.165) is 25.7 Å². The van der Waals surface area contributed by atoms with E-state index in [2.05, 4.69) is 20.8 Å². The third kappa shape index (κ3) is 3.14. The summed E-state index contributed by atoms with van der Waals surface area (Å²) in [5.41, 5.74) is 0.494. The van der Waals surface area contributed by atoms with Crippen molar-refractivity contribution < 1.29 is 20.1 Å². The molecule has 0 aromatic heterocycles. The van der Waals surface area contributed by atoms with Gasteiger partial charge < -0.3 is 20.1 Å². The predicted molar refractivity (Wildman–Crippen MR) is 106 cm³/mol. The van der Waals surface area contributed by atoms with Gasteiger partial charge in [0, 0.05) is 5.97 Å². The first kappa shape index (κ1) is 20.7. The van der Waals surface area contributed by atoms with Gasteiger partial charge in [-0.15, -0.1) is 0 Å². The Labute approximate surface area is 170 Å². The molecule has 4 aliphatic rings. The molecule has 0 unspecified atom stereocenters. The molecule has 0 heterocycles. The second-order valence-corrected chi connectivity index (χ2v) is 11.3. The lowest BCUT2D eigenvalue weighted by atomic mass is 9.43. The van der Waals surface area contributed by atoms with Crippen LogP contribution in [0.5, 0.6) is 0 Å². The number of rotatable bonds is 4. The molecule has 28 heavy (non-hydrogen) atoms. The van der Waals surface area contributed by atoms with Gasteiger partial charge in [-0.3, -0.25) is 0 Å². The summed E-state index contributed by atoms with van der Waals surface area (Å²) in [5, 5.41) is 32.4. The molecule has 0 aromatic carbocycles. The highest BCUT2D eigenvalue weighted by Crippen LogP contribution is 2.68. The molecule has 4 heteroatoms. The highest BCUT2D eigenvalue weighted by atomic mass is 16.4. The first-order valence-corrected chi connectivity index (χ1v) is 11.7. The molecule has 2 N–H and O–H groups in total. The van der Waals surface area contributed by atoms with Crippen molar-refractivity contribution in [2.75, 3.05) is 0 Å². The Bertz CT molecular complexity index is 605. The van der Waals surface area contributed by atoms with E-state index in [9.17, 15) is 20.1 Å². The van der Waals surface area contributed by atoms with Crippen molar-refractivity contribution in [1.82, 2.24) is 0 Å². The topological polar surface area (TPSA) is 80.6 Å². The number of carboxylic acid groups (broad SMARTS) is 1. The molecule has 0 bridgehead atoms. The van der Waals surface area contributed by atoms with E-state index in [-0.39, 0.29) is 29.5 Å². The van der Waals surface area contributed by atoms with Crippen LogP contribution in [0.1, 0.15) is 85.0 Å². The average molecular weight is 392 g/mol. The minimum Gasteiger partial charge on any atom is -0.550 e. The van der Waals surface area contributed by atoms with Gasteiger partial charge in [0.15, 0.2) is 0 Å². The standard InChI is InChI=1S/C24H40O4/c1-14(4-7-21(27)28)17-5-6-18-22-19(9-11-24(17,18)3)23(2)10-8-16(25)12-15(23)13-20(22)26/h14-20,22,25-26H,4-13H2,1-3H3,(H,27,28)/p-1/t14-,15+,16-,17-,18+,19+,20+,22+,23+,24-/m1/s1. The van der Waals surface area contributed by atoms with Crippen molar-refractivity contribution in [2.24, 2.45) is 46.3 Å². The Hall–Kier alpha value is -0.610. The molecule has 4 saturated carbocycles. The van der Waals surface area contributed by atoms with Crippen molar-refractivity contribution in [2.45, 2.75) is 97.2 Å². The van der Waals surface area contributed by atoms with E-state index >= 15 is 0 Å². The number of aliphatic hydroxyl groups excluding tert-OH is 2. The molecule has 0 aromatic rings. The summed E-state index contributed by atoms with van der Waals surface area (Å²) in [5.74, 6) is 1.99. The van der Waals surface area contributed by atoms with Crippen molar-refractivity contribution in [3.63, 3.8) is 0 Å². The molecule has 0 saturated heterocycles. The second-order valence-electron chi connectivity index (χ2n) is 11.3. The van der Waals surface area contributed by atoms with Crippen LogP contribution in [0.25, 0.3) is 0 Å². The van der Waals surface area contributed by atoms with Crippen molar-refractivity contribution >= 4 is 5.97 Å². The zero-order valence-electron chi connectivity index (χ0n) is 17.9. The van der Waals surface area contributed by atoms with E-state index in [1.165, 1.54) is 25.7 Å². The van der Waals surface area contributed by atoms with Crippen LogP contribution in [0.2, 0.25) is 0 Å². The van der Waals surface area contributed by atoms with Crippen molar-refractivity contribution in [3.8, 4) is 0 Å². The monoisotopic (exact) mass is 391 g/mol. The van der Waals surface area contributed by atoms with Crippen LogP contribution in [-0.2, 0) is 4.79 Å². The molecule has 0 radical (unpaired) electrons. The smallest absolute Gasteiger partial charge is 0.0577 e. The summed E-state index contributed by atoms with van der Waals surface area (Å²) in [6.45, 7) is 7.11. The average Bonchev–Trinajstić information content (AvgIpc) is 2.98. The van der Waals surface area contributed by atoms with Gasteiger partial charge in [-0.25, -0.2) is 0 Å². The van der Waals surface area contributed by atoms with Crippen LogP contribution in [-0.4, -0.2) is 28.4 Å². The molecule has 4 nitrogen and oxygen atoms in total. The molecule has 0 spiro atoms. The van der Waals surface area contributed by atoms with Gasteiger partial charge in [0.05, 0.1) is 12.2 Å². The summed E-state index contributed by atoms with van der Waals surface area (Å²) < 4.78 is 0. The van der Waals surface area contributed by atoms with Crippen LogP contribution in [0, 0.1) is 46.3 Å². The Kier molecular flexibility index (Phi) is 5.36. The number of fused-ring (bicyclic) bond motifs is 5. The fourth-order valence-corrected chi connectivity index (χ4v) is 8.72. The molecule has 0 amide bonds. The van der Waals surface area contributed by atoms with Crippen molar-refractivity contribution in [3.05, 3.63) is 0 Å². The Morgan fingerprint density at radius 3 is 2.43 bits per heavy atom. The quantitative estimate of drug-likeness (QED) is 0.771. The van der Waals surface area contributed by atoms with Crippen molar-refractivity contribution in [1.29, 1.82) is 0 Å². The molecule has 0 aliphatic heterocycles. The molecule has 160 valence electrons. The summed E-state index contributed by atoms with van der Waals surface area (Å²) in [6.07, 6.45) is 8.91. The van der Waals surface area contributed by atoms with Crippen LogP contribution >= 0.6 is 0 Å². The Balaban J connectivity index is 1.55. The summed E-state index contributed by atoms with van der Waals surface area (Å²) >= 11 is 0. The maximum absolute atomic E-state index is 11.2. The van der Waals surface area contributed by atoms with Crippen LogP contribution in [0.4, 0.5) is 0 Å². The maximum atomic E-state index is 11.2. The van der Waals surface area contributed by atoms with Gasteiger partial charge in [0.1, 0.15) is 0 Å². The largest absolute Gasteiger partial charge is 0.550 e. The minimum absolute atomic E-state index is 0.162. The lowest BCUT2D eigenvalue weighted by molar-refractivity contribution is -0.306. The lowest BCUT2D eigenvalue weighted by Crippen LogP contribution is -2.58. The van der Waals surface area contributed by atoms with Gasteiger partial charge >= 0.3 is 0 Å². The van der Waals surface area contributed by atoms with E-state index in [1.54, 1.807) is 0 Å². The zero-order valence-corrected chi connectivity index (χ0v) is 17.9.